The zero-order chi connectivity index (χ0) is 19.7. The molecule has 28 heavy (non-hydrogen) atoms. The van der Waals surface area contributed by atoms with Gasteiger partial charge in [-0.2, -0.15) is 0 Å². The summed E-state index contributed by atoms with van der Waals surface area (Å²) in [6.45, 7) is 6.59. The summed E-state index contributed by atoms with van der Waals surface area (Å²) in [6, 6.07) is 0. The van der Waals surface area contributed by atoms with Crippen molar-refractivity contribution in [3.05, 3.63) is 11.6 Å². The highest BCUT2D eigenvalue weighted by molar-refractivity contribution is 5.79. The number of hydrogen-bond donors (Lipinski definition) is 2. The van der Waals surface area contributed by atoms with Crippen molar-refractivity contribution in [2.45, 2.75) is 77.7 Å². The average Bonchev–Trinajstić information content (AvgIpc) is 3.25. The van der Waals surface area contributed by atoms with Gasteiger partial charge in [-0.1, -0.05) is 19.3 Å². The number of aliphatic imine (C=N–C) groups is 1. The van der Waals surface area contributed by atoms with Gasteiger partial charge < -0.3 is 19.9 Å². The van der Waals surface area contributed by atoms with Gasteiger partial charge in [0.25, 0.3) is 0 Å². The molecule has 158 valence electrons. The van der Waals surface area contributed by atoms with Crippen molar-refractivity contribution >= 4 is 5.96 Å². The molecular formula is C21H38N6O. The van der Waals surface area contributed by atoms with Crippen molar-refractivity contribution in [2.75, 3.05) is 33.4 Å². The quantitative estimate of drug-likeness (QED) is 0.501. The average molecular weight is 391 g/mol. The van der Waals surface area contributed by atoms with Gasteiger partial charge in [-0.3, -0.25) is 4.99 Å². The third kappa shape index (κ3) is 5.69. The molecule has 1 aliphatic carbocycles. The van der Waals surface area contributed by atoms with Crippen LogP contribution < -0.4 is 10.6 Å². The summed E-state index contributed by atoms with van der Waals surface area (Å²) in [7, 11) is 1.79. The molecule has 0 amide bonds. The molecule has 0 bridgehead atoms. The summed E-state index contributed by atoms with van der Waals surface area (Å²) in [6.07, 6.45) is 12.0. The molecule has 1 aliphatic heterocycles. The van der Waals surface area contributed by atoms with Crippen LogP contribution in [0.3, 0.4) is 0 Å². The Morgan fingerprint density at radius 1 is 1.14 bits per heavy atom. The van der Waals surface area contributed by atoms with E-state index < -0.39 is 0 Å². The minimum atomic E-state index is 0.322. The normalized spacial score (nSPS) is 19.3. The van der Waals surface area contributed by atoms with Crippen molar-refractivity contribution in [1.82, 2.24) is 25.4 Å². The van der Waals surface area contributed by atoms with Crippen LogP contribution in [-0.2, 0) is 24.1 Å². The van der Waals surface area contributed by atoms with E-state index in [1.165, 1.54) is 44.9 Å². The molecule has 0 aromatic carbocycles. The molecule has 0 unspecified atom stereocenters. The van der Waals surface area contributed by atoms with E-state index in [4.69, 9.17) is 9.73 Å². The Morgan fingerprint density at radius 2 is 2.00 bits per heavy atom. The maximum Gasteiger partial charge on any atom is 0.191 e. The van der Waals surface area contributed by atoms with E-state index in [1.807, 2.05) is 0 Å². The first kappa shape index (κ1) is 21.1. The second kappa shape index (κ2) is 10.8. The zero-order valence-electron chi connectivity index (χ0n) is 17.8. The second-order valence-corrected chi connectivity index (χ2v) is 8.32. The Labute approximate surface area is 169 Å². The maximum absolute atomic E-state index is 5.35. The number of guanidine groups is 1. The molecule has 0 spiro atoms. The molecule has 1 saturated carbocycles. The first-order valence-electron chi connectivity index (χ1n) is 11.2. The monoisotopic (exact) mass is 390 g/mol. The van der Waals surface area contributed by atoms with E-state index >= 15 is 0 Å². The molecular weight excluding hydrogens is 352 g/mol. The molecule has 7 heteroatoms. The van der Waals surface area contributed by atoms with Gasteiger partial charge in [0.15, 0.2) is 5.96 Å². The maximum atomic E-state index is 5.35. The number of nitrogens with one attached hydrogen (secondary N) is 2. The Balaban J connectivity index is 1.54. The Hall–Kier alpha value is -1.63. The van der Waals surface area contributed by atoms with Crippen molar-refractivity contribution in [1.29, 1.82) is 0 Å². The second-order valence-electron chi connectivity index (χ2n) is 8.32. The lowest BCUT2D eigenvalue weighted by Gasteiger charge is -2.27. The molecule has 0 saturated heterocycles. The first-order valence-corrected chi connectivity index (χ1v) is 11.2. The molecule has 3 rings (SSSR count). The number of fused-ring (bicyclic) bond motifs is 1. The lowest BCUT2D eigenvalue weighted by molar-refractivity contribution is 0.141. The standard InChI is InChI=1S/C21H38N6O/c1-3-22-20(24-17-21(13-16-28-2)11-6-7-12-21)23-14-10-19-26-25-18-9-5-4-8-15-27(18)19/h3-17H2,1-2H3,(H2,22,23,24). The molecule has 0 radical (unpaired) electrons. The van der Waals surface area contributed by atoms with E-state index in [0.29, 0.717) is 5.41 Å². The molecule has 1 fully saturated rings. The minimum Gasteiger partial charge on any atom is -0.385 e. The summed E-state index contributed by atoms with van der Waals surface area (Å²) >= 11 is 0. The summed E-state index contributed by atoms with van der Waals surface area (Å²) in [5, 5.41) is 15.7. The van der Waals surface area contributed by atoms with Crippen LogP contribution in [0, 0.1) is 5.41 Å². The van der Waals surface area contributed by atoms with Gasteiger partial charge in [0.05, 0.1) is 0 Å². The van der Waals surface area contributed by atoms with Gasteiger partial charge in [0, 0.05) is 52.7 Å². The molecule has 0 atom stereocenters. The van der Waals surface area contributed by atoms with Crippen LogP contribution in [0.4, 0.5) is 0 Å². The Kier molecular flexibility index (Phi) is 8.13. The fourth-order valence-corrected chi connectivity index (χ4v) is 4.54. The molecule has 2 aliphatic rings. The lowest BCUT2D eigenvalue weighted by Crippen LogP contribution is -2.39. The number of aromatic nitrogens is 3. The fourth-order valence-electron chi connectivity index (χ4n) is 4.54. The van der Waals surface area contributed by atoms with Gasteiger partial charge in [0.2, 0.25) is 0 Å². The van der Waals surface area contributed by atoms with Crippen LogP contribution in [0.1, 0.15) is 69.9 Å². The molecule has 1 aromatic heterocycles. The van der Waals surface area contributed by atoms with Crippen molar-refractivity contribution in [3.63, 3.8) is 0 Å². The largest absolute Gasteiger partial charge is 0.385 e. The summed E-state index contributed by atoms with van der Waals surface area (Å²) in [4.78, 5) is 4.94. The van der Waals surface area contributed by atoms with Crippen molar-refractivity contribution in [3.8, 4) is 0 Å². The van der Waals surface area contributed by atoms with Gasteiger partial charge in [0.1, 0.15) is 11.6 Å². The van der Waals surface area contributed by atoms with Gasteiger partial charge in [-0.05, 0) is 44.4 Å². The smallest absolute Gasteiger partial charge is 0.191 e. The van der Waals surface area contributed by atoms with E-state index in [9.17, 15) is 0 Å². The van der Waals surface area contributed by atoms with Crippen LogP contribution in [0.5, 0.6) is 0 Å². The van der Waals surface area contributed by atoms with Gasteiger partial charge >= 0.3 is 0 Å². The van der Waals surface area contributed by atoms with Crippen LogP contribution in [0.2, 0.25) is 0 Å². The number of nitrogens with zero attached hydrogens (tertiary/aromatic N) is 4. The number of rotatable bonds is 9. The SMILES string of the molecule is CCNC(=NCC1(CCOC)CCCC1)NCCc1nnc2n1CCCCC2. The summed E-state index contributed by atoms with van der Waals surface area (Å²) in [5.41, 5.74) is 0.322. The van der Waals surface area contributed by atoms with Crippen LogP contribution in [-0.4, -0.2) is 54.1 Å². The number of aryl methyl sites for hydroxylation is 1. The minimum absolute atomic E-state index is 0.322. The van der Waals surface area contributed by atoms with E-state index in [2.05, 4.69) is 32.3 Å². The predicted molar refractivity (Wildman–Crippen MR) is 113 cm³/mol. The highest BCUT2D eigenvalue weighted by Gasteiger charge is 2.33. The highest BCUT2D eigenvalue weighted by atomic mass is 16.5. The third-order valence-corrected chi connectivity index (χ3v) is 6.24. The molecule has 2 N–H and O–H groups in total. The Morgan fingerprint density at radius 3 is 2.79 bits per heavy atom. The van der Waals surface area contributed by atoms with E-state index in [1.54, 1.807) is 7.11 Å². The Bertz CT molecular complexity index is 620. The van der Waals surface area contributed by atoms with Gasteiger partial charge in [-0.15, -0.1) is 10.2 Å². The van der Waals surface area contributed by atoms with E-state index in [-0.39, 0.29) is 0 Å². The lowest BCUT2D eigenvalue weighted by atomic mass is 9.83. The molecule has 2 heterocycles. The van der Waals surface area contributed by atoms with Crippen LogP contribution in [0.15, 0.2) is 4.99 Å². The number of ether oxygens (including phenoxy) is 1. The summed E-state index contributed by atoms with van der Waals surface area (Å²) < 4.78 is 7.68. The fraction of sp³-hybridized carbons (Fsp3) is 0.857. The predicted octanol–water partition coefficient (Wildman–Crippen LogP) is 2.70. The van der Waals surface area contributed by atoms with Gasteiger partial charge in [-0.25, -0.2) is 0 Å². The summed E-state index contributed by atoms with van der Waals surface area (Å²) in [5.74, 6) is 3.18. The van der Waals surface area contributed by atoms with Crippen LogP contribution >= 0.6 is 0 Å². The first-order chi connectivity index (χ1) is 13.8. The molecule has 7 nitrogen and oxygen atoms in total. The topological polar surface area (TPSA) is 76.4 Å². The molecule has 1 aromatic rings. The zero-order valence-corrected chi connectivity index (χ0v) is 17.8. The van der Waals surface area contributed by atoms with Crippen molar-refractivity contribution in [2.24, 2.45) is 10.4 Å². The third-order valence-electron chi connectivity index (χ3n) is 6.24. The number of methoxy groups -OCH3 is 1. The number of hydrogen-bond acceptors (Lipinski definition) is 4. The highest BCUT2D eigenvalue weighted by Crippen LogP contribution is 2.41. The van der Waals surface area contributed by atoms with Crippen molar-refractivity contribution < 1.29 is 4.74 Å². The van der Waals surface area contributed by atoms with Crippen LogP contribution in [0.25, 0.3) is 0 Å². The van der Waals surface area contributed by atoms with E-state index in [0.717, 1.165) is 69.7 Å².